The molecule has 2 aromatic rings. The van der Waals surface area contributed by atoms with E-state index in [9.17, 15) is 9.59 Å². The number of anilines is 2. The minimum Gasteiger partial charge on any atom is -0.399 e. The highest BCUT2D eigenvalue weighted by Crippen LogP contribution is 2.20. The summed E-state index contributed by atoms with van der Waals surface area (Å²) in [6.45, 7) is 3.16. The molecule has 0 aliphatic carbocycles. The molecule has 3 rings (SSSR count). The molecule has 0 unspecified atom stereocenters. The van der Waals surface area contributed by atoms with Crippen molar-refractivity contribution < 1.29 is 9.59 Å². The Labute approximate surface area is 153 Å². The molecule has 1 aliphatic heterocycles. The third kappa shape index (κ3) is 4.59. The van der Waals surface area contributed by atoms with Crippen molar-refractivity contribution in [2.75, 3.05) is 24.1 Å². The zero-order valence-corrected chi connectivity index (χ0v) is 14.9. The summed E-state index contributed by atoms with van der Waals surface area (Å²) in [6.07, 6.45) is 3.44. The van der Waals surface area contributed by atoms with Crippen LogP contribution >= 0.6 is 0 Å². The lowest BCUT2D eigenvalue weighted by molar-refractivity contribution is -0.133. The Balaban J connectivity index is 1.48. The van der Waals surface area contributed by atoms with Crippen LogP contribution in [0.15, 0.2) is 42.6 Å². The Morgan fingerprint density at radius 2 is 1.85 bits per heavy atom. The molecule has 3 N–H and O–H groups in total. The third-order valence-electron chi connectivity index (χ3n) is 4.72. The average Bonchev–Trinajstić information content (AvgIpc) is 2.65. The molecule has 0 radical (unpaired) electrons. The maximum atomic E-state index is 12.4. The van der Waals surface area contributed by atoms with Crippen LogP contribution in [0.4, 0.5) is 11.5 Å². The van der Waals surface area contributed by atoms with Gasteiger partial charge in [0.25, 0.3) is 0 Å². The number of aryl methyl sites for hydroxylation is 1. The van der Waals surface area contributed by atoms with Crippen LogP contribution in [0.1, 0.15) is 24.0 Å². The summed E-state index contributed by atoms with van der Waals surface area (Å²) >= 11 is 0. The second-order valence-electron chi connectivity index (χ2n) is 6.78. The van der Waals surface area contributed by atoms with Crippen molar-refractivity contribution >= 4 is 23.3 Å². The number of benzene rings is 1. The molecule has 1 aliphatic rings. The van der Waals surface area contributed by atoms with Crippen LogP contribution in [-0.2, 0) is 16.0 Å². The van der Waals surface area contributed by atoms with Crippen LogP contribution in [0.5, 0.6) is 0 Å². The molecule has 6 nitrogen and oxygen atoms in total. The van der Waals surface area contributed by atoms with E-state index >= 15 is 0 Å². The molecule has 1 fully saturated rings. The van der Waals surface area contributed by atoms with E-state index in [0.717, 1.165) is 11.1 Å². The molecular weight excluding hydrogens is 328 g/mol. The van der Waals surface area contributed by atoms with Crippen LogP contribution in [0.2, 0.25) is 0 Å². The Morgan fingerprint density at radius 1 is 1.15 bits per heavy atom. The fourth-order valence-electron chi connectivity index (χ4n) is 3.08. The number of rotatable bonds is 4. The topological polar surface area (TPSA) is 88.3 Å². The molecule has 0 bridgehead atoms. The maximum absolute atomic E-state index is 12.4. The lowest BCUT2D eigenvalue weighted by Crippen LogP contribution is -2.42. The number of nitrogens with one attached hydrogen (secondary N) is 1. The number of hydrogen-bond acceptors (Lipinski definition) is 4. The maximum Gasteiger partial charge on any atom is 0.228 e. The van der Waals surface area contributed by atoms with Gasteiger partial charge in [-0.15, -0.1) is 0 Å². The summed E-state index contributed by atoms with van der Waals surface area (Å²) in [6, 6.07) is 11.1. The van der Waals surface area contributed by atoms with Crippen molar-refractivity contribution in [3.8, 4) is 0 Å². The zero-order chi connectivity index (χ0) is 18.5. The van der Waals surface area contributed by atoms with Crippen molar-refractivity contribution in [3.05, 3.63) is 53.7 Å². The average molecular weight is 352 g/mol. The number of amides is 2. The van der Waals surface area contributed by atoms with Crippen molar-refractivity contribution in [1.82, 2.24) is 9.88 Å². The van der Waals surface area contributed by atoms with Crippen LogP contribution in [0.25, 0.3) is 0 Å². The van der Waals surface area contributed by atoms with E-state index in [0.29, 0.717) is 43.9 Å². The lowest BCUT2D eigenvalue weighted by atomic mass is 9.95. The molecule has 6 heteroatoms. The van der Waals surface area contributed by atoms with E-state index in [2.05, 4.69) is 10.3 Å². The molecule has 1 saturated heterocycles. The van der Waals surface area contributed by atoms with E-state index in [1.165, 1.54) is 0 Å². The Kier molecular flexibility index (Phi) is 5.51. The van der Waals surface area contributed by atoms with Gasteiger partial charge in [-0.05, 0) is 49.1 Å². The summed E-state index contributed by atoms with van der Waals surface area (Å²) < 4.78 is 0. The number of carbonyl (C=O) groups excluding carboxylic acids is 2. The Hall–Kier alpha value is -2.89. The first kappa shape index (κ1) is 17.9. The number of likely N-dealkylation sites (tertiary alicyclic amines) is 1. The summed E-state index contributed by atoms with van der Waals surface area (Å²) in [4.78, 5) is 30.9. The van der Waals surface area contributed by atoms with Crippen LogP contribution in [0, 0.1) is 12.8 Å². The Morgan fingerprint density at radius 3 is 2.46 bits per heavy atom. The first-order valence-electron chi connectivity index (χ1n) is 8.87. The highest BCUT2D eigenvalue weighted by molar-refractivity contribution is 5.92. The monoisotopic (exact) mass is 352 g/mol. The zero-order valence-electron chi connectivity index (χ0n) is 14.9. The normalized spacial score (nSPS) is 14.9. The highest BCUT2D eigenvalue weighted by Gasteiger charge is 2.27. The molecule has 0 saturated carbocycles. The van der Waals surface area contributed by atoms with Crippen LogP contribution < -0.4 is 11.1 Å². The molecule has 1 aromatic heterocycles. The van der Waals surface area contributed by atoms with Crippen LogP contribution in [0.3, 0.4) is 0 Å². The molecule has 26 heavy (non-hydrogen) atoms. The second kappa shape index (κ2) is 7.99. The summed E-state index contributed by atoms with van der Waals surface area (Å²) in [5.74, 6) is 0.557. The Bertz CT molecular complexity index is 696. The van der Waals surface area contributed by atoms with Gasteiger partial charge >= 0.3 is 0 Å². The lowest BCUT2D eigenvalue weighted by Gasteiger charge is -2.31. The number of pyridine rings is 1. The van der Waals surface area contributed by atoms with Gasteiger partial charge in [0.05, 0.1) is 6.42 Å². The smallest absolute Gasteiger partial charge is 0.228 e. The first-order chi connectivity index (χ1) is 12.5. The molecule has 0 atom stereocenters. The number of aromatic nitrogens is 1. The van der Waals surface area contributed by atoms with E-state index in [4.69, 9.17) is 5.73 Å². The van der Waals surface area contributed by atoms with Crippen molar-refractivity contribution in [3.63, 3.8) is 0 Å². The quantitative estimate of drug-likeness (QED) is 0.827. The first-order valence-corrected chi connectivity index (χ1v) is 8.87. The highest BCUT2D eigenvalue weighted by atomic mass is 16.2. The molecule has 1 aromatic carbocycles. The predicted molar refractivity (Wildman–Crippen MR) is 101 cm³/mol. The van der Waals surface area contributed by atoms with E-state index in [1.54, 1.807) is 24.4 Å². The fraction of sp³-hybridized carbons (Fsp3) is 0.350. The van der Waals surface area contributed by atoms with Gasteiger partial charge in [0, 0.05) is 30.9 Å². The second-order valence-corrected chi connectivity index (χ2v) is 6.78. The van der Waals surface area contributed by atoms with Gasteiger partial charge in [-0.3, -0.25) is 9.59 Å². The number of carbonyl (C=O) groups is 2. The molecular formula is C20H24N4O2. The standard InChI is InChI=1S/C20H24N4O2/c1-14-2-7-18(22-13-14)23-20(26)16-8-10-24(11-9-16)19(25)12-15-3-5-17(21)6-4-15/h2-7,13,16H,8-12,21H2,1H3,(H,22,23,26). The third-order valence-corrected chi connectivity index (χ3v) is 4.72. The van der Waals surface area contributed by atoms with Gasteiger partial charge in [-0.1, -0.05) is 18.2 Å². The fourth-order valence-corrected chi connectivity index (χ4v) is 3.08. The molecule has 0 spiro atoms. The summed E-state index contributed by atoms with van der Waals surface area (Å²) in [5.41, 5.74) is 8.36. The minimum absolute atomic E-state index is 0.0213. The van der Waals surface area contributed by atoms with Crippen molar-refractivity contribution in [1.29, 1.82) is 0 Å². The summed E-state index contributed by atoms with van der Waals surface area (Å²) in [7, 11) is 0. The van der Waals surface area contributed by atoms with Gasteiger partial charge in [-0.2, -0.15) is 0 Å². The van der Waals surface area contributed by atoms with Crippen molar-refractivity contribution in [2.24, 2.45) is 5.92 Å². The van der Waals surface area contributed by atoms with Gasteiger partial charge in [0.2, 0.25) is 11.8 Å². The van der Waals surface area contributed by atoms with Crippen LogP contribution in [-0.4, -0.2) is 34.8 Å². The number of hydrogen-bond donors (Lipinski definition) is 2. The largest absolute Gasteiger partial charge is 0.399 e. The van der Waals surface area contributed by atoms with E-state index in [1.807, 2.05) is 30.0 Å². The predicted octanol–water partition coefficient (Wildman–Crippen LogP) is 2.39. The van der Waals surface area contributed by atoms with Gasteiger partial charge in [-0.25, -0.2) is 4.98 Å². The van der Waals surface area contributed by atoms with Gasteiger partial charge in [0.1, 0.15) is 5.82 Å². The van der Waals surface area contributed by atoms with Gasteiger partial charge in [0.15, 0.2) is 0 Å². The number of nitrogens with two attached hydrogens (primary N) is 1. The number of nitrogens with zero attached hydrogens (tertiary/aromatic N) is 2. The SMILES string of the molecule is Cc1ccc(NC(=O)C2CCN(C(=O)Cc3ccc(N)cc3)CC2)nc1. The number of nitrogen functional groups attached to an aromatic ring is 1. The van der Waals surface area contributed by atoms with E-state index in [-0.39, 0.29) is 17.7 Å². The van der Waals surface area contributed by atoms with Gasteiger partial charge < -0.3 is 16.0 Å². The number of piperidine rings is 1. The molecule has 2 heterocycles. The molecule has 2 amide bonds. The summed E-state index contributed by atoms with van der Waals surface area (Å²) in [5, 5.41) is 2.86. The van der Waals surface area contributed by atoms with Crippen molar-refractivity contribution in [2.45, 2.75) is 26.2 Å². The minimum atomic E-state index is -0.0846. The van der Waals surface area contributed by atoms with E-state index < -0.39 is 0 Å². The molecule has 136 valence electrons.